The number of hydrogen-bond donors (Lipinski definition) is 0. The summed E-state index contributed by atoms with van der Waals surface area (Å²) in [6.45, 7) is 4.77. The highest BCUT2D eigenvalue weighted by Gasteiger charge is 2.30. The van der Waals surface area contributed by atoms with Crippen molar-refractivity contribution >= 4 is 17.4 Å². The van der Waals surface area contributed by atoms with Gasteiger partial charge in [0.25, 0.3) is 11.5 Å². The molecule has 0 spiro atoms. The number of ether oxygens (including phenoxy) is 1. The molecular weight excluding hydrogens is 316 g/mol. The fraction of sp³-hybridized carbons (Fsp3) is 0.467. The molecule has 1 atom stereocenters. The quantitative estimate of drug-likeness (QED) is 0.841. The molecule has 0 aromatic carbocycles. The molecule has 7 nitrogen and oxygen atoms in total. The van der Waals surface area contributed by atoms with Crippen molar-refractivity contribution in [3.63, 3.8) is 0 Å². The lowest BCUT2D eigenvalue weighted by Gasteiger charge is -2.17. The summed E-state index contributed by atoms with van der Waals surface area (Å²) >= 11 is 1.12. The number of pyridine rings is 1. The van der Waals surface area contributed by atoms with Gasteiger partial charge < -0.3 is 14.2 Å². The van der Waals surface area contributed by atoms with E-state index in [9.17, 15) is 9.59 Å². The number of rotatable bonds is 3. The number of nitrogens with zero attached hydrogens (tertiary/aromatic N) is 4. The third-order valence-corrected chi connectivity index (χ3v) is 4.87. The summed E-state index contributed by atoms with van der Waals surface area (Å²) in [4.78, 5) is 26.6. The van der Waals surface area contributed by atoms with Gasteiger partial charge in [0.15, 0.2) is 0 Å². The van der Waals surface area contributed by atoms with Crippen LogP contribution in [0.1, 0.15) is 27.5 Å². The van der Waals surface area contributed by atoms with Gasteiger partial charge in [0.1, 0.15) is 16.7 Å². The van der Waals surface area contributed by atoms with E-state index < -0.39 is 0 Å². The average Bonchev–Trinajstić information content (AvgIpc) is 3.13. The summed E-state index contributed by atoms with van der Waals surface area (Å²) in [6, 6.07) is 3.32. The third kappa shape index (κ3) is 3.12. The van der Waals surface area contributed by atoms with Crippen molar-refractivity contribution < 1.29 is 9.53 Å². The van der Waals surface area contributed by atoms with Gasteiger partial charge in [0, 0.05) is 31.8 Å². The molecule has 2 aromatic rings. The van der Waals surface area contributed by atoms with Crippen LogP contribution >= 0.6 is 11.5 Å². The Hall–Kier alpha value is -2.22. The Morgan fingerprint density at radius 1 is 1.39 bits per heavy atom. The summed E-state index contributed by atoms with van der Waals surface area (Å²) < 4.78 is 11.3. The zero-order chi connectivity index (χ0) is 16.6. The summed E-state index contributed by atoms with van der Waals surface area (Å²) in [6.07, 6.45) is 0.636. The van der Waals surface area contributed by atoms with Crippen molar-refractivity contribution in [2.24, 2.45) is 7.05 Å². The molecule has 2 aromatic heterocycles. The zero-order valence-corrected chi connectivity index (χ0v) is 14.1. The van der Waals surface area contributed by atoms with Crippen molar-refractivity contribution in [3.8, 4) is 5.75 Å². The number of carbonyl (C=O) groups excluding carboxylic acids is 1. The fourth-order valence-corrected chi connectivity index (χ4v) is 3.20. The van der Waals surface area contributed by atoms with Crippen LogP contribution in [0.4, 0.5) is 0 Å². The van der Waals surface area contributed by atoms with E-state index in [1.807, 2.05) is 13.0 Å². The first-order valence-electron chi connectivity index (χ1n) is 7.38. The largest absolute Gasteiger partial charge is 0.488 e. The minimum atomic E-state index is -0.105. The second kappa shape index (κ2) is 6.11. The fourth-order valence-electron chi connectivity index (χ4n) is 2.58. The van der Waals surface area contributed by atoms with E-state index >= 15 is 0 Å². The van der Waals surface area contributed by atoms with Gasteiger partial charge in [-0.25, -0.2) is 0 Å². The smallest absolute Gasteiger partial charge is 0.267 e. The predicted molar refractivity (Wildman–Crippen MR) is 86.0 cm³/mol. The molecule has 8 heteroatoms. The molecule has 0 N–H and O–H groups in total. The van der Waals surface area contributed by atoms with Gasteiger partial charge in [0.05, 0.1) is 12.2 Å². The molecule has 1 saturated heterocycles. The van der Waals surface area contributed by atoms with Crippen molar-refractivity contribution in [2.75, 3.05) is 13.1 Å². The van der Waals surface area contributed by atoms with Crippen LogP contribution in [0.15, 0.2) is 16.9 Å². The van der Waals surface area contributed by atoms with Gasteiger partial charge in [-0.2, -0.15) is 0 Å². The Labute approximate surface area is 137 Å². The Balaban J connectivity index is 1.68. The standard InChI is InChI=1S/C15H18N4O3S/c1-9-6-12(7-13(20)18(9)3)22-11-4-5-19(8-11)15(21)14-10(2)16-17-23-14/h6-7,11H,4-5,8H2,1-3H3. The lowest BCUT2D eigenvalue weighted by molar-refractivity contribution is 0.0776. The highest BCUT2D eigenvalue weighted by Crippen LogP contribution is 2.21. The number of likely N-dealkylation sites (tertiary alicyclic amines) is 1. The molecular formula is C15H18N4O3S. The molecule has 1 fully saturated rings. The molecule has 1 unspecified atom stereocenters. The Kier molecular flexibility index (Phi) is 4.16. The number of amides is 1. The molecule has 1 aliphatic rings. The van der Waals surface area contributed by atoms with Crippen LogP contribution in [0.3, 0.4) is 0 Å². The molecule has 0 bridgehead atoms. The van der Waals surface area contributed by atoms with E-state index in [0.717, 1.165) is 23.6 Å². The van der Waals surface area contributed by atoms with Crippen molar-refractivity contribution in [1.82, 2.24) is 19.1 Å². The average molecular weight is 334 g/mol. The van der Waals surface area contributed by atoms with Crippen LogP contribution in [0, 0.1) is 13.8 Å². The SMILES string of the molecule is Cc1nnsc1C(=O)N1CCC(Oc2cc(C)n(C)c(=O)c2)C1. The second-order valence-corrected chi connectivity index (χ2v) is 6.45. The van der Waals surface area contributed by atoms with Gasteiger partial charge in [-0.05, 0) is 31.4 Å². The second-order valence-electron chi connectivity index (χ2n) is 5.70. The maximum Gasteiger partial charge on any atom is 0.267 e. The van der Waals surface area contributed by atoms with E-state index in [-0.39, 0.29) is 17.6 Å². The van der Waals surface area contributed by atoms with E-state index in [0.29, 0.717) is 29.4 Å². The lowest BCUT2D eigenvalue weighted by atomic mass is 10.3. The van der Waals surface area contributed by atoms with Crippen LogP contribution in [-0.4, -0.2) is 44.2 Å². The maximum atomic E-state index is 12.4. The van der Waals surface area contributed by atoms with Crippen molar-refractivity contribution in [3.05, 3.63) is 38.8 Å². The summed E-state index contributed by atoms with van der Waals surface area (Å²) in [7, 11) is 1.73. The van der Waals surface area contributed by atoms with Gasteiger partial charge in [-0.3, -0.25) is 9.59 Å². The first-order chi connectivity index (χ1) is 11.0. The number of hydrogen-bond acceptors (Lipinski definition) is 6. The predicted octanol–water partition coefficient (Wildman–Crippen LogP) is 1.15. The minimum absolute atomic E-state index is 0.0521. The Morgan fingerprint density at radius 2 is 2.17 bits per heavy atom. The lowest BCUT2D eigenvalue weighted by Crippen LogP contribution is -2.31. The molecule has 23 heavy (non-hydrogen) atoms. The molecule has 3 heterocycles. The van der Waals surface area contributed by atoms with E-state index in [2.05, 4.69) is 9.59 Å². The number of aryl methyl sites for hydroxylation is 2. The maximum absolute atomic E-state index is 12.4. The van der Waals surface area contributed by atoms with E-state index in [4.69, 9.17) is 4.74 Å². The highest BCUT2D eigenvalue weighted by atomic mass is 32.1. The third-order valence-electron chi connectivity index (χ3n) is 4.06. The van der Waals surface area contributed by atoms with Crippen LogP contribution in [0.5, 0.6) is 5.75 Å². The van der Waals surface area contributed by atoms with E-state index in [1.165, 1.54) is 6.07 Å². The molecule has 0 radical (unpaired) electrons. The molecule has 122 valence electrons. The monoisotopic (exact) mass is 334 g/mol. The van der Waals surface area contributed by atoms with Crippen LogP contribution in [0.25, 0.3) is 0 Å². The number of aromatic nitrogens is 3. The summed E-state index contributed by atoms with van der Waals surface area (Å²) in [5.41, 5.74) is 1.40. The molecule has 3 rings (SSSR count). The molecule has 0 saturated carbocycles. The Morgan fingerprint density at radius 3 is 2.83 bits per heavy atom. The molecule has 1 amide bonds. The first-order valence-corrected chi connectivity index (χ1v) is 8.15. The Bertz CT molecular complexity index is 798. The first kappa shape index (κ1) is 15.7. The van der Waals surface area contributed by atoms with Gasteiger partial charge in [-0.15, -0.1) is 5.10 Å². The summed E-state index contributed by atoms with van der Waals surface area (Å²) in [5, 5.41) is 3.88. The van der Waals surface area contributed by atoms with Crippen LogP contribution in [0.2, 0.25) is 0 Å². The summed E-state index contributed by atoms with van der Waals surface area (Å²) in [5.74, 6) is 0.504. The minimum Gasteiger partial charge on any atom is -0.488 e. The molecule has 0 aliphatic carbocycles. The van der Waals surface area contributed by atoms with Gasteiger partial charge >= 0.3 is 0 Å². The molecule has 1 aliphatic heterocycles. The van der Waals surface area contributed by atoms with Gasteiger partial charge in [0.2, 0.25) is 0 Å². The highest BCUT2D eigenvalue weighted by molar-refractivity contribution is 7.07. The topological polar surface area (TPSA) is 77.3 Å². The number of carbonyl (C=O) groups is 1. The van der Waals surface area contributed by atoms with E-state index in [1.54, 1.807) is 23.4 Å². The normalized spacial score (nSPS) is 17.5. The van der Waals surface area contributed by atoms with Gasteiger partial charge in [-0.1, -0.05) is 4.49 Å². The zero-order valence-electron chi connectivity index (χ0n) is 13.3. The van der Waals surface area contributed by atoms with Crippen molar-refractivity contribution in [2.45, 2.75) is 26.4 Å². The van der Waals surface area contributed by atoms with Crippen molar-refractivity contribution in [1.29, 1.82) is 0 Å². The van der Waals surface area contributed by atoms with Crippen LogP contribution < -0.4 is 10.3 Å². The van der Waals surface area contributed by atoms with Crippen LogP contribution in [-0.2, 0) is 7.05 Å².